The van der Waals surface area contributed by atoms with Crippen LogP contribution in [0.4, 0.5) is 0 Å². The molecule has 0 aliphatic heterocycles. The summed E-state index contributed by atoms with van der Waals surface area (Å²) >= 11 is 0. The van der Waals surface area contributed by atoms with E-state index in [0.717, 1.165) is 23.3 Å². The highest BCUT2D eigenvalue weighted by atomic mass is 16.5. The van der Waals surface area contributed by atoms with Gasteiger partial charge in [-0.25, -0.2) is 0 Å². The Morgan fingerprint density at radius 2 is 1.75 bits per heavy atom. The fourth-order valence-electron chi connectivity index (χ4n) is 2.02. The Hall–Kier alpha value is -2.60. The molecule has 0 aliphatic rings. The molecule has 0 atom stereocenters. The Morgan fingerprint density at radius 1 is 1.10 bits per heavy atom. The van der Waals surface area contributed by atoms with Gasteiger partial charge in [-0.2, -0.15) is 5.26 Å². The van der Waals surface area contributed by atoms with Crippen molar-refractivity contribution in [3.05, 3.63) is 65.2 Å². The van der Waals surface area contributed by atoms with E-state index < -0.39 is 5.78 Å². The summed E-state index contributed by atoms with van der Waals surface area (Å²) in [5.41, 5.74) is 2.26. The van der Waals surface area contributed by atoms with Crippen LogP contribution >= 0.6 is 0 Å². The number of para-hydroxylation sites is 1. The molecule has 0 bridgehead atoms. The molecule has 0 heterocycles. The van der Waals surface area contributed by atoms with Gasteiger partial charge in [0.25, 0.3) is 5.78 Å². The SMILES string of the molecule is CCc1ccccc1OCc1ccccc1C(=O)C#N. The quantitative estimate of drug-likeness (QED) is 0.613. The lowest BCUT2D eigenvalue weighted by atomic mass is 10.0. The number of carbonyl (C=O) groups is 1. The molecule has 0 amide bonds. The Morgan fingerprint density at radius 3 is 2.45 bits per heavy atom. The number of nitriles is 1. The van der Waals surface area contributed by atoms with Crippen LogP contribution in [0.1, 0.15) is 28.4 Å². The van der Waals surface area contributed by atoms with Crippen molar-refractivity contribution < 1.29 is 9.53 Å². The molecule has 3 heteroatoms. The number of carbonyl (C=O) groups excluding carboxylic acids is 1. The molecule has 0 fully saturated rings. The van der Waals surface area contributed by atoms with Crippen molar-refractivity contribution in [2.45, 2.75) is 20.0 Å². The van der Waals surface area contributed by atoms with Gasteiger partial charge in [-0.15, -0.1) is 0 Å². The van der Waals surface area contributed by atoms with E-state index in [9.17, 15) is 4.79 Å². The minimum Gasteiger partial charge on any atom is -0.489 e. The fourth-order valence-corrected chi connectivity index (χ4v) is 2.02. The van der Waals surface area contributed by atoms with Gasteiger partial charge in [0.1, 0.15) is 18.4 Å². The molecule has 0 unspecified atom stereocenters. The highest BCUT2D eigenvalue weighted by molar-refractivity contribution is 6.08. The van der Waals surface area contributed by atoms with Gasteiger partial charge in [-0.05, 0) is 24.1 Å². The predicted octanol–water partition coefficient (Wildman–Crippen LogP) is 3.53. The van der Waals surface area contributed by atoms with E-state index in [2.05, 4.69) is 6.92 Å². The van der Waals surface area contributed by atoms with Crippen LogP contribution in [0.2, 0.25) is 0 Å². The van der Waals surface area contributed by atoms with Crippen LogP contribution in [0, 0.1) is 11.3 Å². The number of Topliss-reactive ketones (excluding diaryl/α,β-unsaturated/α-hetero) is 1. The van der Waals surface area contributed by atoms with E-state index in [1.165, 1.54) is 0 Å². The summed E-state index contributed by atoms with van der Waals surface area (Å²) in [5.74, 6) is 0.280. The summed E-state index contributed by atoms with van der Waals surface area (Å²) in [7, 11) is 0. The van der Waals surface area contributed by atoms with Gasteiger partial charge >= 0.3 is 0 Å². The van der Waals surface area contributed by atoms with E-state index in [0.29, 0.717) is 5.56 Å². The number of aryl methyl sites for hydroxylation is 1. The van der Waals surface area contributed by atoms with Gasteiger partial charge in [0.2, 0.25) is 0 Å². The molecule has 2 rings (SSSR count). The van der Waals surface area contributed by atoms with Crippen molar-refractivity contribution in [1.29, 1.82) is 5.26 Å². The summed E-state index contributed by atoms with van der Waals surface area (Å²) in [5, 5.41) is 8.74. The zero-order valence-corrected chi connectivity index (χ0v) is 11.3. The second kappa shape index (κ2) is 6.53. The molecule has 0 aliphatic carbocycles. The largest absolute Gasteiger partial charge is 0.489 e. The van der Waals surface area contributed by atoms with Crippen molar-refractivity contribution in [3.63, 3.8) is 0 Å². The maximum absolute atomic E-state index is 11.6. The molecule has 0 N–H and O–H groups in total. The minimum atomic E-state index is -0.534. The summed E-state index contributed by atoms with van der Waals surface area (Å²) < 4.78 is 5.79. The zero-order chi connectivity index (χ0) is 14.4. The number of rotatable bonds is 5. The van der Waals surface area contributed by atoms with E-state index in [-0.39, 0.29) is 6.61 Å². The lowest BCUT2D eigenvalue weighted by molar-refractivity contribution is 0.105. The Labute approximate surface area is 118 Å². The predicted molar refractivity (Wildman–Crippen MR) is 76.5 cm³/mol. The molecule has 0 aromatic heterocycles. The second-order valence-electron chi connectivity index (χ2n) is 4.35. The molecule has 100 valence electrons. The number of nitrogens with zero attached hydrogens (tertiary/aromatic N) is 1. The summed E-state index contributed by atoms with van der Waals surface area (Å²) in [6.45, 7) is 2.34. The molecule has 0 radical (unpaired) electrons. The normalized spacial score (nSPS) is 9.80. The number of hydrogen-bond donors (Lipinski definition) is 0. The summed E-state index contributed by atoms with van der Waals surface area (Å²) in [6.07, 6.45) is 0.884. The van der Waals surface area contributed by atoms with Crippen LogP contribution in [0.15, 0.2) is 48.5 Å². The van der Waals surface area contributed by atoms with Crippen molar-refractivity contribution in [2.24, 2.45) is 0 Å². The zero-order valence-electron chi connectivity index (χ0n) is 11.3. The van der Waals surface area contributed by atoms with Crippen molar-refractivity contribution >= 4 is 5.78 Å². The van der Waals surface area contributed by atoms with E-state index in [4.69, 9.17) is 10.00 Å². The van der Waals surface area contributed by atoms with Gasteiger partial charge in [0.05, 0.1) is 0 Å². The average Bonchev–Trinajstić information content (AvgIpc) is 2.52. The maximum Gasteiger partial charge on any atom is 0.262 e. The molecule has 2 aromatic rings. The topological polar surface area (TPSA) is 50.1 Å². The molecular formula is C17H15NO2. The van der Waals surface area contributed by atoms with Crippen LogP contribution in [0.25, 0.3) is 0 Å². The average molecular weight is 265 g/mol. The Balaban J connectivity index is 2.20. The van der Waals surface area contributed by atoms with E-state index in [1.54, 1.807) is 24.3 Å². The lowest BCUT2D eigenvalue weighted by Gasteiger charge is -2.11. The van der Waals surface area contributed by atoms with E-state index >= 15 is 0 Å². The third-order valence-corrected chi connectivity index (χ3v) is 3.10. The first-order valence-corrected chi connectivity index (χ1v) is 6.49. The van der Waals surface area contributed by atoms with Crippen molar-refractivity contribution in [2.75, 3.05) is 0 Å². The number of hydrogen-bond acceptors (Lipinski definition) is 3. The molecule has 3 nitrogen and oxygen atoms in total. The lowest BCUT2D eigenvalue weighted by Crippen LogP contribution is -2.05. The van der Waals surface area contributed by atoms with Crippen LogP contribution in [-0.2, 0) is 13.0 Å². The molecule has 0 saturated heterocycles. The van der Waals surface area contributed by atoms with Crippen LogP contribution in [-0.4, -0.2) is 5.78 Å². The molecule has 2 aromatic carbocycles. The van der Waals surface area contributed by atoms with Crippen LogP contribution < -0.4 is 4.74 Å². The maximum atomic E-state index is 11.6. The third kappa shape index (κ3) is 3.04. The van der Waals surface area contributed by atoms with Gasteiger partial charge in [0, 0.05) is 11.1 Å². The van der Waals surface area contributed by atoms with Gasteiger partial charge in [-0.1, -0.05) is 43.3 Å². The second-order valence-corrected chi connectivity index (χ2v) is 4.35. The monoisotopic (exact) mass is 265 g/mol. The van der Waals surface area contributed by atoms with Gasteiger partial charge in [-0.3, -0.25) is 4.79 Å². The highest BCUT2D eigenvalue weighted by Gasteiger charge is 2.10. The number of benzene rings is 2. The molecule has 20 heavy (non-hydrogen) atoms. The first kappa shape index (κ1) is 13.8. The number of ether oxygens (including phenoxy) is 1. The van der Waals surface area contributed by atoms with Gasteiger partial charge < -0.3 is 4.74 Å². The number of ketones is 1. The van der Waals surface area contributed by atoms with Gasteiger partial charge in [0.15, 0.2) is 0 Å². The fraction of sp³-hybridized carbons (Fsp3) is 0.176. The Kier molecular flexibility index (Phi) is 4.52. The first-order chi connectivity index (χ1) is 9.76. The third-order valence-electron chi connectivity index (χ3n) is 3.10. The van der Waals surface area contributed by atoms with Crippen LogP contribution in [0.5, 0.6) is 5.75 Å². The van der Waals surface area contributed by atoms with Crippen molar-refractivity contribution in [3.8, 4) is 11.8 Å². The van der Waals surface area contributed by atoms with Crippen LogP contribution in [0.3, 0.4) is 0 Å². The standard InChI is InChI=1S/C17H15NO2/c1-2-13-7-4-6-10-17(13)20-12-14-8-3-5-9-15(14)16(19)11-18/h3-10H,2,12H2,1H3. The smallest absolute Gasteiger partial charge is 0.262 e. The molecule has 0 spiro atoms. The van der Waals surface area contributed by atoms with E-state index in [1.807, 2.05) is 30.3 Å². The minimum absolute atomic E-state index is 0.278. The molecular weight excluding hydrogens is 250 g/mol. The van der Waals surface area contributed by atoms with Crippen molar-refractivity contribution in [1.82, 2.24) is 0 Å². The molecule has 0 saturated carbocycles. The summed E-state index contributed by atoms with van der Waals surface area (Å²) in [4.78, 5) is 11.6. The summed E-state index contributed by atoms with van der Waals surface area (Å²) in [6, 6.07) is 16.5. The Bertz CT molecular complexity index is 656. The first-order valence-electron chi connectivity index (χ1n) is 6.49. The highest BCUT2D eigenvalue weighted by Crippen LogP contribution is 2.20.